The quantitative estimate of drug-likeness (QED) is 0.701. The van der Waals surface area contributed by atoms with E-state index < -0.39 is 11.7 Å². The molecule has 96 valence electrons. The molecule has 0 N–H and O–H groups in total. The van der Waals surface area contributed by atoms with Gasteiger partial charge in [-0.3, -0.25) is 0 Å². The molecule has 1 aromatic carbocycles. The van der Waals surface area contributed by atoms with Crippen LogP contribution in [0.1, 0.15) is 16.1 Å². The summed E-state index contributed by atoms with van der Waals surface area (Å²) in [6.45, 7) is 1.85. The summed E-state index contributed by atoms with van der Waals surface area (Å²) in [5, 5.41) is 1.28. The van der Waals surface area contributed by atoms with Gasteiger partial charge in [-0.25, -0.2) is 4.98 Å². The SMILES string of the molecule is Cc1nc(-c2cccc(C(F)(F)F)c2)sc1CBr. The average Bonchev–Trinajstić information content (AvgIpc) is 2.70. The first-order valence-corrected chi connectivity index (χ1v) is 7.05. The van der Waals surface area contributed by atoms with Crippen molar-refractivity contribution in [3.8, 4) is 10.6 Å². The molecule has 0 amide bonds. The van der Waals surface area contributed by atoms with E-state index in [2.05, 4.69) is 20.9 Å². The number of rotatable bonds is 2. The van der Waals surface area contributed by atoms with Crippen LogP contribution < -0.4 is 0 Å². The van der Waals surface area contributed by atoms with E-state index in [9.17, 15) is 13.2 Å². The van der Waals surface area contributed by atoms with Crippen LogP contribution in [0.25, 0.3) is 10.6 Å². The van der Waals surface area contributed by atoms with Gasteiger partial charge in [-0.2, -0.15) is 13.2 Å². The summed E-state index contributed by atoms with van der Waals surface area (Å²) in [7, 11) is 0. The van der Waals surface area contributed by atoms with Gasteiger partial charge < -0.3 is 0 Å². The maximum absolute atomic E-state index is 12.6. The Bertz CT molecular complexity index is 563. The number of halogens is 4. The van der Waals surface area contributed by atoms with E-state index in [1.807, 2.05) is 6.92 Å². The molecule has 2 aromatic rings. The largest absolute Gasteiger partial charge is 0.416 e. The van der Waals surface area contributed by atoms with Gasteiger partial charge in [0, 0.05) is 15.8 Å². The van der Waals surface area contributed by atoms with Gasteiger partial charge in [-0.1, -0.05) is 28.1 Å². The van der Waals surface area contributed by atoms with Gasteiger partial charge in [-0.15, -0.1) is 11.3 Å². The van der Waals surface area contributed by atoms with Crippen molar-refractivity contribution in [2.45, 2.75) is 18.4 Å². The Morgan fingerprint density at radius 1 is 1.33 bits per heavy atom. The molecule has 0 aliphatic heterocycles. The van der Waals surface area contributed by atoms with Crippen LogP contribution in [-0.4, -0.2) is 4.98 Å². The topological polar surface area (TPSA) is 12.9 Å². The monoisotopic (exact) mass is 335 g/mol. The molecule has 1 aromatic heterocycles. The minimum Gasteiger partial charge on any atom is -0.241 e. The van der Waals surface area contributed by atoms with Crippen molar-refractivity contribution < 1.29 is 13.2 Å². The Morgan fingerprint density at radius 3 is 2.61 bits per heavy atom. The minimum absolute atomic E-state index is 0.505. The lowest BCUT2D eigenvalue weighted by molar-refractivity contribution is -0.137. The zero-order valence-electron chi connectivity index (χ0n) is 9.38. The second-order valence-electron chi connectivity index (χ2n) is 3.74. The van der Waals surface area contributed by atoms with E-state index in [1.165, 1.54) is 17.4 Å². The number of hydrogen-bond acceptors (Lipinski definition) is 2. The lowest BCUT2D eigenvalue weighted by Gasteiger charge is -2.07. The highest BCUT2D eigenvalue weighted by Gasteiger charge is 2.30. The predicted molar refractivity (Wildman–Crippen MR) is 69.9 cm³/mol. The van der Waals surface area contributed by atoms with Gasteiger partial charge in [0.15, 0.2) is 0 Å². The van der Waals surface area contributed by atoms with Crippen LogP contribution in [0.2, 0.25) is 0 Å². The van der Waals surface area contributed by atoms with E-state index in [0.717, 1.165) is 22.7 Å². The van der Waals surface area contributed by atoms with E-state index in [4.69, 9.17) is 0 Å². The number of nitrogens with zero attached hydrogens (tertiary/aromatic N) is 1. The second-order valence-corrected chi connectivity index (χ2v) is 5.38. The van der Waals surface area contributed by atoms with Crippen molar-refractivity contribution in [2.24, 2.45) is 0 Å². The number of aromatic nitrogens is 1. The van der Waals surface area contributed by atoms with Crippen LogP contribution >= 0.6 is 27.3 Å². The van der Waals surface area contributed by atoms with E-state index in [1.54, 1.807) is 6.07 Å². The van der Waals surface area contributed by atoms with Gasteiger partial charge in [0.25, 0.3) is 0 Å². The summed E-state index contributed by atoms with van der Waals surface area (Å²) in [6, 6.07) is 5.25. The van der Waals surface area contributed by atoms with Crippen molar-refractivity contribution in [1.82, 2.24) is 4.98 Å². The Balaban J connectivity index is 2.44. The first kappa shape index (κ1) is 13.5. The molecule has 0 aliphatic rings. The number of alkyl halides is 4. The Kier molecular flexibility index (Phi) is 3.77. The molecule has 0 spiro atoms. The fourth-order valence-corrected chi connectivity index (χ4v) is 3.16. The smallest absolute Gasteiger partial charge is 0.241 e. The average molecular weight is 336 g/mol. The first-order valence-electron chi connectivity index (χ1n) is 5.11. The summed E-state index contributed by atoms with van der Waals surface area (Å²) >= 11 is 4.74. The Labute approximate surface area is 115 Å². The maximum Gasteiger partial charge on any atom is 0.416 e. The van der Waals surface area contributed by atoms with Crippen LogP contribution in [0.4, 0.5) is 13.2 Å². The molecule has 1 heterocycles. The Morgan fingerprint density at radius 2 is 2.06 bits per heavy atom. The lowest BCUT2D eigenvalue weighted by atomic mass is 10.1. The van der Waals surface area contributed by atoms with Crippen molar-refractivity contribution in [3.05, 3.63) is 40.4 Å². The van der Waals surface area contributed by atoms with Crippen LogP contribution in [-0.2, 0) is 11.5 Å². The molecule has 18 heavy (non-hydrogen) atoms. The highest BCUT2D eigenvalue weighted by molar-refractivity contribution is 9.08. The number of aryl methyl sites for hydroxylation is 1. The van der Waals surface area contributed by atoms with Crippen LogP contribution in [0.5, 0.6) is 0 Å². The van der Waals surface area contributed by atoms with Crippen molar-refractivity contribution in [1.29, 1.82) is 0 Å². The van der Waals surface area contributed by atoms with E-state index in [0.29, 0.717) is 15.9 Å². The third kappa shape index (κ3) is 2.75. The summed E-state index contributed by atoms with van der Waals surface area (Å²) in [4.78, 5) is 5.33. The highest BCUT2D eigenvalue weighted by atomic mass is 79.9. The molecule has 0 unspecified atom stereocenters. The molecule has 0 bridgehead atoms. The normalized spacial score (nSPS) is 11.8. The highest BCUT2D eigenvalue weighted by Crippen LogP contribution is 2.34. The van der Waals surface area contributed by atoms with Gasteiger partial charge in [0.1, 0.15) is 5.01 Å². The fourth-order valence-electron chi connectivity index (χ4n) is 1.50. The molecular weight excluding hydrogens is 327 g/mol. The molecule has 0 saturated carbocycles. The summed E-state index contributed by atoms with van der Waals surface area (Å²) in [5.41, 5.74) is 0.711. The van der Waals surface area contributed by atoms with Gasteiger partial charge in [-0.05, 0) is 19.1 Å². The van der Waals surface area contributed by atoms with Crippen molar-refractivity contribution in [2.75, 3.05) is 0 Å². The third-order valence-corrected chi connectivity index (χ3v) is 4.59. The van der Waals surface area contributed by atoms with Crippen molar-refractivity contribution in [3.63, 3.8) is 0 Å². The van der Waals surface area contributed by atoms with Crippen molar-refractivity contribution >= 4 is 27.3 Å². The molecule has 1 nitrogen and oxygen atoms in total. The standard InChI is InChI=1S/C12H9BrF3NS/c1-7-10(6-13)18-11(17-7)8-3-2-4-9(5-8)12(14,15)16/h2-5H,6H2,1H3. The Hall–Kier alpha value is -0.880. The molecule has 0 saturated heterocycles. The zero-order chi connectivity index (χ0) is 13.3. The minimum atomic E-state index is -4.32. The molecule has 0 atom stereocenters. The number of hydrogen-bond donors (Lipinski definition) is 0. The maximum atomic E-state index is 12.6. The summed E-state index contributed by atoms with van der Waals surface area (Å²) in [6.07, 6.45) is -4.32. The third-order valence-electron chi connectivity index (χ3n) is 2.45. The van der Waals surface area contributed by atoms with Crippen LogP contribution in [0, 0.1) is 6.92 Å². The van der Waals surface area contributed by atoms with Crippen LogP contribution in [0.15, 0.2) is 24.3 Å². The van der Waals surface area contributed by atoms with E-state index in [-0.39, 0.29) is 0 Å². The molecule has 0 aliphatic carbocycles. The molecule has 0 fully saturated rings. The van der Waals surface area contributed by atoms with E-state index >= 15 is 0 Å². The fraction of sp³-hybridized carbons (Fsp3) is 0.250. The number of thiazole rings is 1. The summed E-state index contributed by atoms with van der Waals surface area (Å²) < 4.78 is 37.8. The van der Waals surface area contributed by atoms with Gasteiger partial charge in [0.05, 0.1) is 11.3 Å². The molecular formula is C12H9BrF3NS. The molecule has 0 radical (unpaired) electrons. The first-order chi connectivity index (χ1) is 8.41. The molecule has 6 heteroatoms. The summed E-state index contributed by atoms with van der Waals surface area (Å²) in [5.74, 6) is 0. The molecule has 2 rings (SSSR count). The number of benzene rings is 1. The lowest BCUT2D eigenvalue weighted by Crippen LogP contribution is -2.04. The zero-order valence-corrected chi connectivity index (χ0v) is 11.8. The van der Waals surface area contributed by atoms with Gasteiger partial charge in [0.2, 0.25) is 0 Å². The van der Waals surface area contributed by atoms with Gasteiger partial charge >= 0.3 is 6.18 Å². The predicted octanol–water partition coefficient (Wildman–Crippen LogP) is 5.03. The second kappa shape index (κ2) is 5.01. The van der Waals surface area contributed by atoms with Crippen LogP contribution in [0.3, 0.4) is 0 Å².